The van der Waals surface area contributed by atoms with E-state index in [9.17, 15) is 0 Å². The van der Waals surface area contributed by atoms with Crippen LogP contribution in [0.2, 0.25) is 0 Å². The third-order valence-corrected chi connectivity index (χ3v) is 0. The zero-order valence-electron chi connectivity index (χ0n) is 3.96. The van der Waals surface area contributed by atoms with E-state index in [4.69, 9.17) is 5.73 Å². The van der Waals surface area contributed by atoms with Gasteiger partial charge in [0.05, 0.1) is 0 Å². The zero-order valence-corrected chi connectivity index (χ0v) is 5.06. The monoisotopic (exact) mass is 132 g/mol. The van der Waals surface area contributed by atoms with Crippen LogP contribution >= 0.6 is 0 Å². The first-order chi connectivity index (χ1) is 1.73. The van der Waals surface area contributed by atoms with Crippen molar-refractivity contribution in [3.63, 3.8) is 0 Å². The predicted molar refractivity (Wildman–Crippen MR) is 21.3 cm³/mol. The van der Waals surface area contributed by atoms with Gasteiger partial charge in [0.15, 0.2) is 0 Å². The molecular weight excluding hydrogens is 122 g/mol. The van der Waals surface area contributed by atoms with Crippen LogP contribution in [0, 0.1) is 0 Å². The van der Waals surface area contributed by atoms with E-state index in [1.165, 1.54) is 0 Å². The summed E-state index contributed by atoms with van der Waals surface area (Å²) in [6, 6.07) is 0.333. The van der Waals surface area contributed by atoms with Gasteiger partial charge in [-0.3, -0.25) is 0 Å². The second-order valence-corrected chi connectivity index (χ2v) is 1.24. The third kappa shape index (κ3) is 272. The van der Waals surface area contributed by atoms with Crippen LogP contribution in [0.15, 0.2) is 0 Å². The number of nitrogens with two attached hydrogens (primary N) is 1. The van der Waals surface area contributed by atoms with Crippen LogP contribution in [0.25, 0.3) is 0 Å². The van der Waals surface area contributed by atoms with Gasteiger partial charge in [0, 0.05) is 0 Å². The number of hydrogen-bond donors (Lipinski definition) is 1. The molecule has 0 aliphatic heterocycles. The third-order valence-electron chi connectivity index (χ3n) is 0. The summed E-state index contributed by atoms with van der Waals surface area (Å²) in [5.41, 5.74) is 5.11. The predicted octanol–water partition coefficient (Wildman–Crippen LogP) is 0.174. The molecule has 0 saturated heterocycles. The Kier molecular flexibility index (Phi) is 24.3. The van der Waals surface area contributed by atoms with E-state index in [2.05, 4.69) is 0 Å². The molecule has 0 aromatic rings. The largest absolute Gasteiger partial charge is 3.00 e. The van der Waals surface area contributed by atoms with Gasteiger partial charge in [0.25, 0.3) is 0 Å². The van der Waals surface area contributed by atoms with Crippen LogP contribution in [-0.4, -0.2) is 11.5 Å². The Morgan fingerprint density at radius 1 is 1.33 bits per heavy atom. The number of rotatable bonds is 0. The summed E-state index contributed by atoms with van der Waals surface area (Å²) in [6.45, 7) is 3.89. The Hall–Kier alpha value is 0.439. The molecule has 0 saturated carbocycles. The molecule has 0 bridgehead atoms. The molecule has 0 amide bonds. The molecule has 39 valence electrons. The molecule has 0 heterocycles. The van der Waals surface area contributed by atoms with Crippen LogP contribution in [0.3, 0.4) is 0 Å². The van der Waals surface area contributed by atoms with Crippen molar-refractivity contribution in [3.05, 3.63) is 0 Å². The molecule has 0 aromatic heterocycles. The Balaban J connectivity index is -0.0000000450. The number of hydrogen-bond acceptors (Lipinski definition) is 2. The van der Waals surface area contributed by atoms with Crippen molar-refractivity contribution in [2.75, 3.05) is 0 Å². The maximum atomic E-state index is 5.11. The van der Waals surface area contributed by atoms with Gasteiger partial charge < -0.3 is 11.2 Å². The minimum Gasteiger partial charge on any atom is -0.870 e. The van der Waals surface area contributed by atoms with E-state index in [1.807, 2.05) is 13.8 Å². The minimum absolute atomic E-state index is 0. The van der Waals surface area contributed by atoms with Gasteiger partial charge in [-0.25, -0.2) is 0 Å². The molecular formula is C3H10FeNO+2. The van der Waals surface area contributed by atoms with Crippen molar-refractivity contribution in [2.45, 2.75) is 19.9 Å². The van der Waals surface area contributed by atoms with Crippen LogP contribution in [0.5, 0.6) is 0 Å². The van der Waals surface area contributed by atoms with Crippen LogP contribution in [0.1, 0.15) is 13.8 Å². The average Bonchev–Trinajstić information content (AvgIpc) is 0.811. The summed E-state index contributed by atoms with van der Waals surface area (Å²) < 4.78 is 0. The van der Waals surface area contributed by atoms with Crippen LogP contribution < -0.4 is 5.73 Å². The van der Waals surface area contributed by atoms with E-state index in [1.54, 1.807) is 0 Å². The quantitative estimate of drug-likeness (QED) is 0.477. The first-order valence-electron chi connectivity index (χ1n) is 1.49. The first-order valence-corrected chi connectivity index (χ1v) is 1.49. The van der Waals surface area contributed by atoms with Crippen molar-refractivity contribution in [2.24, 2.45) is 5.73 Å². The van der Waals surface area contributed by atoms with Crippen molar-refractivity contribution in [3.8, 4) is 0 Å². The molecule has 0 aromatic carbocycles. The minimum atomic E-state index is 0. The molecule has 0 rings (SSSR count). The SMILES string of the molecule is CC(C)N.[Fe+3].[OH-]. The fraction of sp³-hybridized carbons (Fsp3) is 1.00. The Morgan fingerprint density at radius 2 is 1.33 bits per heavy atom. The fourth-order valence-corrected chi connectivity index (χ4v) is 0. The summed E-state index contributed by atoms with van der Waals surface area (Å²) >= 11 is 0. The van der Waals surface area contributed by atoms with Crippen molar-refractivity contribution >= 4 is 0 Å². The molecule has 0 unspecified atom stereocenters. The molecule has 6 heavy (non-hydrogen) atoms. The second kappa shape index (κ2) is 9.06. The van der Waals surface area contributed by atoms with Gasteiger partial charge in [-0.15, -0.1) is 0 Å². The van der Waals surface area contributed by atoms with Crippen LogP contribution in [0.4, 0.5) is 0 Å². The van der Waals surface area contributed by atoms with Crippen LogP contribution in [-0.2, 0) is 17.1 Å². The van der Waals surface area contributed by atoms with E-state index >= 15 is 0 Å². The zero-order chi connectivity index (χ0) is 3.58. The van der Waals surface area contributed by atoms with Gasteiger partial charge >= 0.3 is 17.1 Å². The summed E-state index contributed by atoms with van der Waals surface area (Å²) in [5.74, 6) is 0. The molecule has 0 spiro atoms. The Bertz CT molecular complexity index is 15.5. The first kappa shape index (κ1) is 16.1. The van der Waals surface area contributed by atoms with Gasteiger partial charge in [-0.05, 0) is 6.04 Å². The molecule has 2 nitrogen and oxygen atoms in total. The maximum Gasteiger partial charge on any atom is 3.00 e. The van der Waals surface area contributed by atoms with Gasteiger partial charge in [-0.2, -0.15) is 0 Å². The summed E-state index contributed by atoms with van der Waals surface area (Å²) in [6.07, 6.45) is 0. The smallest absolute Gasteiger partial charge is 0.870 e. The molecule has 0 fully saturated rings. The molecule has 3 heteroatoms. The van der Waals surface area contributed by atoms with E-state index in [0.29, 0.717) is 6.04 Å². The summed E-state index contributed by atoms with van der Waals surface area (Å²) in [4.78, 5) is 0. The van der Waals surface area contributed by atoms with Crippen molar-refractivity contribution in [1.29, 1.82) is 0 Å². The fourth-order valence-electron chi connectivity index (χ4n) is 0. The standard InChI is InChI=1S/C3H9N.Fe.H2O/c1-3(2)4;;/h3H,4H2,1-2H3;;1H2/q;+3;/p-1. The second-order valence-electron chi connectivity index (χ2n) is 1.24. The topological polar surface area (TPSA) is 56.0 Å². The van der Waals surface area contributed by atoms with Gasteiger partial charge in [0.2, 0.25) is 0 Å². The van der Waals surface area contributed by atoms with Gasteiger partial charge in [-0.1, -0.05) is 13.8 Å². The van der Waals surface area contributed by atoms with E-state index in [0.717, 1.165) is 0 Å². The Morgan fingerprint density at radius 3 is 1.33 bits per heavy atom. The average molecular weight is 132 g/mol. The van der Waals surface area contributed by atoms with Gasteiger partial charge in [0.1, 0.15) is 0 Å². The molecule has 0 aliphatic carbocycles. The van der Waals surface area contributed by atoms with E-state index < -0.39 is 0 Å². The maximum absolute atomic E-state index is 5.11. The summed E-state index contributed by atoms with van der Waals surface area (Å²) in [5, 5.41) is 0. The van der Waals surface area contributed by atoms with Crippen molar-refractivity contribution < 1.29 is 22.5 Å². The molecule has 0 aliphatic rings. The van der Waals surface area contributed by atoms with Crippen molar-refractivity contribution in [1.82, 2.24) is 0 Å². The normalized spacial score (nSPS) is 6.00. The van der Waals surface area contributed by atoms with E-state index in [-0.39, 0.29) is 22.5 Å². The molecule has 1 radical (unpaired) electrons. The molecule has 0 atom stereocenters. The molecule has 3 N–H and O–H groups in total. The Labute approximate surface area is 48.9 Å². The summed E-state index contributed by atoms with van der Waals surface area (Å²) in [7, 11) is 0.